The lowest BCUT2D eigenvalue weighted by Gasteiger charge is -2.12. The molecule has 1 aromatic heterocycles. The Balaban J connectivity index is 2.28. The predicted octanol–water partition coefficient (Wildman–Crippen LogP) is 2.87. The third-order valence-electron chi connectivity index (χ3n) is 3.33. The maximum absolute atomic E-state index is 12.9. The molecule has 6 heteroatoms. The Kier molecular flexibility index (Phi) is 4.16. The van der Waals surface area contributed by atoms with Gasteiger partial charge in [-0.1, -0.05) is 41.6 Å². The zero-order valence-electron chi connectivity index (χ0n) is 12.4. The van der Waals surface area contributed by atoms with E-state index >= 15 is 0 Å². The number of rotatable bonds is 4. The van der Waals surface area contributed by atoms with Gasteiger partial charge in [0, 0.05) is 0 Å². The summed E-state index contributed by atoms with van der Waals surface area (Å²) in [7, 11) is 0. The molecule has 2 aromatic carbocycles. The molecule has 5 nitrogen and oxygen atoms in total. The van der Waals surface area contributed by atoms with Crippen LogP contribution in [0.4, 0.5) is 0 Å². The van der Waals surface area contributed by atoms with Crippen LogP contribution in [0, 0.1) is 6.92 Å². The highest BCUT2D eigenvalue weighted by Gasteiger charge is 2.14. The number of carboxylic acid groups (broad SMARTS) is 1. The first-order chi connectivity index (χ1) is 11.1. The lowest BCUT2D eigenvalue weighted by molar-refractivity contribution is -0.133. The lowest BCUT2D eigenvalue weighted by Crippen LogP contribution is -2.22. The van der Waals surface area contributed by atoms with Gasteiger partial charge in [0.1, 0.15) is 0 Å². The van der Waals surface area contributed by atoms with E-state index in [2.05, 4.69) is 4.98 Å². The van der Waals surface area contributed by atoms with E-state index in [0.29, 0.717) is 21.7 Å². The smallest absolute Gasteiger partial charge is 0.313 e. The molecule has 1 N–H and O–H groups in total. The van der Waals surface area contributed by atoms with Crippen LogP contribution >= 0.6 is 11.8 Å². The molecule has 116 valence electrons. The monoisotopic (exact) mass is 326 g/mol. The van der Waals surface area contributed by atoms with E-state index in [-0.39, 0.29) is 11.3 Å². The number of benzene rings is 2. The average Bonchev–Trinajstić information content (AvgIpc) is 2.54. The van der Waals surface area contributed by atoms with E-state index in [1.54, 1.807) is 24.3 Å². The first kappa shape index (κ1) is 15.3. The van der Waals surface area contributed by atoms with Crippen molar-refractivity contribution in [1.29, 1.82) is 0 Å². The quantitative estimate of drug-likeness (QED) is 0.589. The van der Waals surface area contributed by atoms with E-state index in [1.165, 1.54) is 4.57 Å². The first-order valence-corrected chi connectivity index (χ1v) is 7.98. The number of nitrogens with zero attached hydrogens (tertiary/aromatic N) is 2. The van der Waals surface area contributed by atoms with Gasteiger partial charge in [-0.15, -0.1) is 0 Å². The van der Waals surface area contributed by atoms with Gasteiger partial charge in [0.15, 0.2) is 5.16 Å². The number of fused-ring (bicyclic) bond motifs is 1. The Bertz CT molecular complexity index is 936. The van der Waals surface area contributed by atoms with Gasteiger partial charge in [-0.05, 0) is 31.2 Å². The van der Waals surface area contributed by atoms with Crippen LogP contribution in [0.15, 0.2) is 58.5 Å². The fourth-order valence-electron chi connectivity index (χ4n) is 2.31. The highest BCUT2D eigenvalue weighted by molar-refractivity contribution is 7.99. The van der Waals surface area contributed by atoms with Crippen molar-refractivity contribution in [2.75, 3.05) is 5.75 Å². The Morgan fingerprint density at radius 1 is 1.22 bits per heavy atom. The van der Waals surface area contributed by atoms with Gasteiger partial charge in [0.05, 0.1) is 22.3 Å². The normalized spacial score (nSPS) is 10.8. The van der Waals surface area contributed by atoms with Crippen LogP contribution in [0.2, 0.25) is 0 Å². The summed E-state index contributed by atoms with van der Waals surface area (Å²) in [4.78, 5) is 28.3. The lowest BCUT2D eigenvalue weighted by atomic mass is 10.1. The molecule has 1 heterocycles. The number of hydrogen-bond acceptors (Lipinski definition) is 4. The highest BCUT2D eigenvalue weighted by Crippen LogP contribution is 2.21. The molecule has 0 saturated heterocycles. The van der Waals surface area contributed by atoms with Crippen LogP contribution < -0.4 is 5.56 Å². The summed E-state index contributed by atoms with van der Waals surface area (Å²) in [6.07, 6.45) is 0. The molecule has 0 atom stereocenters. The molecule has 23 heavy (non-hydrogen) atoms. The zero-order valence-corrected chi connectivity index (χ0v) is 13.2. The van der Waals surface area contributed by atoms with E-state index in [1.807, 2.05) is 31.2 Å². The van der Waals surface area contributed by atoms with Crippen molar-refractivity contribution in [1.82, 2.24) is 9.55 Å². The first-order valence-electron chi connectivity index (χ1n) is 6.99. The summed E-state index contributed by atoms with van der Waals surface area (Å²) in [5.74, 6) is -1.11. The average molecular weight is 326 g/mol. The SMILES string of the molecule is Cc1ccc2nc(SCC(=O)O)n(-c3ccccc3)c(=O)c2c1. The summed E-state index contributed by atoms with van der Waals surface area (Å²) in [6.45, 7) is 1.92. The van der Waals surface area contributed by atoms with Crippen molar-refractivity contribution >= 4 is 28.6 Å². The van der Waals surface area contributed by atoms with Gasteiger partial charge in [-0.3, -0.25) is 14.2 Å². The number of aliphatic carboxylic acids is 1. The van der Waals surface area contributed by atoms with Crippen molar-refractivity contribution in [3.05, 3.63) is 64.4 Å². The summed E-state index contributed by atoms with van der Waals surface area (Å²) >= 11 is 1.04. The van der Waals surface area contributed by atoms with Crippen LogP contribution in [0.1, 0.15) is 5.56 Å². The van der Waals surface area contributed by atoms with Crippen LogP contribution in [-0.2, 0) is 4.79 Å². The third kappa shape index (κ3) is 3.12. The fraction of sp³-hybridized carbons (Fsp3) is 0.118. The van der Waals surface area contributed by atoms with Crippen LogP contribution in [0.5, 0.6) is 0 Å². The highest BCUT2D eigenvalue weighted by atomic mass is 32.2. The van der Waals surface area contributed by atoms with Gasteiger partial charge in [0.2, 0.25) is 0 Å². The van der Waals surface area contributed by atoms with Gasteiger partial charge in [-0.25, -0.2) is 4.98 Å². The minimum atomic E-state index is -0.951. The van der Waals surface area contributed by atoms with E-state index in [0.717, 1.165) is 17.3 Å². The zero-order chi connectivity index (χ0) is 16.4. The molecule has 0 amide bonds. The third-order valence-corrected chi connectivity index (χ3v) is 4.26. The summed E-state index contributed by atoms with van der Waals surface area (Å²) in [5, 5.41) is 9.82. The van der Waals surface area contributed by atoms with Crippen LogP contribution in [-0.4, -0.2) is 26.4 Å². The summed E-state index contributed by atoms with van der Waals surface area (Å²) in [6, 6.07) is 14.6. The molecule has 0 bridgehead atoms. The van der Waals surface area contributed by atoms with Crippen molar-refractivity contribution in [3.8, 4) is 5.69 Å². The second-order valence-corrected chi connectivity index (χ2v) is 6.02. The largest absolute Gasteiger partial charge is 0.481 e. The fourth-order valence-corrected chi connectivity index (χ4v) is 3.04. The Labute approximate surface area is 136 Å². The molecule has 0 aliphatic heterocycles. The molecule has 0 spiro atoms. The summed E-state index contributed by atoms with van der Waals surface area (Å²) in [5.41, 5.74) is 2.02. The predicted molar refractivity (Wildman–Crippen MR) is 90.4 cm³/mol. The molecule has 0 unspecified atom stereocenters. The van der Waals surface area contributed by atoms with Crippen molar-refractivity contribution < 1.29 is 9.90 Å². The second-order valence-electron chi connectivity index (χ2n) is 5.07. The molecule has 0 radical (unpaired) electrons. The van der Waals surface area contributed by atoms with E-state index < -0.39 is 5.97 Å². The molecular weight excluding hydrogens is 312 g/mol. The number of para-hydroxylation sites is 1. The van der Waals surface area contributed by atoms with E-state index in [4.69, 9.17) is 5.11 Å². The van der Waals surface area contributed by atoms with Gasteiger partial charge >= 0.3 is 5.97 Å². The maximum atomic E-state index is 12.9. The number of aryl methyl sites for hydroxylation is 1. The van der Waals surface area contributed by atoms with Gasteiger partial charge in [0.25, 0.3) is 5.56 Å². The molecule has 3 aromatic rings. The second kappa shape index (κ2) is 6.26. The maximum Gasteiger partial charge on any atom is 0.313 e. The van der Waals surface area contributed by atoms with Gasteiger partial charge < -0.3 is 5.11 Å². The molecular formula is C17H14N2O3S. The number of hydrogen-bond donors (Lipinski definition) is 1. The van der Waals surface area contributed by atoms with Crippen molar-refractivity contribution in [2.45, 2.75) is 12.1 Å². The minimum absolute atomic E-state index is 0.156. The molecule has 3 rings (SSSR count). The van der Waals surface area contributed by atoms with Crippen LogP contribution in [0.25, 0.3) is 16.6 Å². The standard InChI is InChI=1S/C17H14N2O3S/c1-11-7-8-14-13(9-11)16(22)19(12-5-3-2-4-6-12)17(18-14)23-10-15(20)21/h2-9H,10H2,1H3,(H,20,21). The van der Waals surface area contributed by atoms with E-state index in [9.17, 15) is 9.59 Å². The van der Waals surface area contributed by atoms with Gasteiger partial charge in [-0.2, -0.15) is 0 Å². The van der Waals surface area contributed by atoms with Crippen molar-refractivity contribution in [2.24, 2.45) is 0 Å². The van der Waals surface area contributed by atoms with Crippen LogP contribution in [0.3, 0.4) is 0 Å². The molecule has 0 fully saturated rings. The Hall–Kier alpha value is -2.60. The molecule has 0 aliphatic rings. The number of aromatic nitrogens is 2. The Morgan fingerprint density at radius 3 is 2.65 bits per heavy atom. The minimum Gasteiger partial charge on any atom is -0.481 e. The molecule has 0 saturated carbocycles. The number of carbonyl (C=O) groups is 1. The molecule has 0 aliphatic carbocycles. The summed E-state index contributed by atoms with van der Waals surface area (Å²) < 4.78 is 1.47. The topological polar surface area (TPSA) is 72.2 Å². The Morgan fingerprint density at radius 2 is 1.96 bits per heavy atom. The number of carboxylic acids is 1. The number of thioether (sulfide) groups is 1. The van der Waals surface area contributed by atoms with Crippen molar-refractivity contribution in [3.63, 3.8) is 0 Å².